The van der Waals surface area contributed by atoms with Crippen molar-refractivity contribution in [1.29, 1.82) is 0 Å². The Hall–Kier alpha value is -0.0751. The summed E-state index contributed by atoms with van der Waals surface area (Å²) < 4.78 is 0. The van der Waals surface area contributed by atoms with Crippen LogP contribution in [0.5, 0.6) is 0 Å². The van der Waals surface area contributed by atoms with Gasteiger partial charge < -0.3 is 0 Å². The van der Waals surface area contributed by atoms with Crippen molar-refractivity contribution in [2.24, 2.45) is 0 Å². The van der Waals surface area contributed by atoms with Gasteiger partial charge in [0.25, 0.3) is 0 Å². The first-order chi connectivity index (χ1) is 2.00. The zero-order valence-electron chi connectivity index (χ0n) is 4.89. The van der Waals surface area contributed by atoms with Crippen LogP contribution in [-0.2, 0) is 0 Å². The Morgan fingerprint density at radius 1 is 1.00 bits per heavy atom. The normalized spacial score (nSPS) is 8.43. The summed E-state index contributed by atoms with van der Waals surface area (Å²) in [5.41, 5.74) is 0. The summed E-state index contributed by atoms with van der Waals surface area (Å²) in [4.78, 5) is 0. The molecule has 0 unspecified atom stereocenters. The van der Waals surface area contributed by atoms with Crippen LogP contribution in [0.25, 0.3) is 0 Å². The van der Waals surface area contributed by atoms with Gasteiger partial charge in [0.05, 0.1) is 7.85 Å². The van der Waals surface area contributed by atoms with Crippen molar-refractivity contribution in [2.75, 3.05) is 0 Å². The molecule has 0 saturated heterocycles. The number of rotatable bonds is 0. The molecule has 0 aliphatic carbocycles. The molecule has 7 heavy (non-hydrogen) atoms. The van der Waals surface area contributed by atoms with Gasteiger partial charge in [-0.15, -0.1) is 0 Å². The molecule has 0 spiro atoms. The highest BCUT2D eigenvalue weighted by Gasteiger charge is 1.95. The smallest absolute Gasteiger partial charge is 0.0735 e. The van der Waals surface area contributed by atoms with Gasteiger partial charge in [0.2, 0.25) is 0 Å². The second kappa shape index (κ2) is 4.09. The number of hydrogen-bond donors (Lipinski definition) is 0. The van der Waals surface area contributed by atoms with Crippen molar-refractivity contribution in [1.82, 2.24) is 0 Å². The van der Waals surface area contributed by atoms with E-state index in [2.05, 4.69) is 0 Å². The average molecular weight is 108 g/mol. The van der Waals surface area contributed by atoms with Crippen LogP contribution in [0.15, 0.2) is 0 Å². The van der Waals surface area contributed by atoms with Crippen LogP contribution in [0.1, 0.15) is 20.8 Å². The van der Waals surface area contributed by atoms with Gasteiger partial charge in [-0.25, -0.2) is 0 Å². The predicted molar refractivity (Wildman–Crippen MR) is 30.5 cm³/mol. The molecule has 0 saturated carbocycles. The molecule has 0 aromatic heterocycles. The molecule has 0 aliphatic heterocycles. The van der Waals surface area contributed by atoms with Crippen LogP contribution in [0.2, 0.25) is 5.31 Å². The quantitative estimate of drug-likeness (QED) is 0.414. The highest BCUT2D eigenvalue weighted by Crippen LogP contribution is 2.13. The van der Waals surface area contributed by atoms with Crippen LogP contribution in [0, 0.1) is 0 Å². The van der Waals surface area contributed by atoms with E-state index in [0.717, 1.165) is 0 Å². The fraction of sp³-hybridized carbons (Fsp3) is 1.00. The van der Waals surface area contributed by atoms with Crippen molar-refractivity contribution >= 4 is 7.85 Å². The molecule has 44 valence electrons. The van der Waals surface area contributed by atoms with E-state index in [1.54, 1.807) is 0 Å². The topological polar surface area (TPSA) is 0 Å². The molecule has 0 amide bonds. The summed E-state index contributed by atoms with van der Waals surface area (Å²) in [5.74, 6) is 0. The summed E-state index contributed by atoms with van der Waals surface area (Å²) >= 11 is 0. The lowest BCUT2D eigenvalue weighted by molar-refractivity contribution is 0.767. The van der Waals surface area contributed by atoms with Crippen molar-refractivity contribution in [3.63, 3.8) is 0 Å². The van der Waals surface area contributed by atoms with Crippen LogP contribution in [0.4, 0.5) is 9.41 Å². The van der Waals surface area contributed by atoms with Crippen molar-refractivity contribution in [2.45, 2.75) is 26.1 Å². The lowest BCUT2D eigenvalue weighted by Gasteiger charge is -2.05. The maximum absolute atomic E-state index is 5.35. The van der Waals surface area contributed by atoms with E-state index in [1.165, 1.54) is 0 Å². The van der Waals surface area contributed by atoms with Crippen LogP contribution >= 0.6 is 0 Å². The van der Waals surface area contributed by atoms with Gasteiger partial charge >= 0.3 is 0 Å². The van der Waals surface area contributed by atoms with E-state index in [-0.39, 0.29) is 14.7 Å². The molecule has 0 bridgehead atoms. The molecule has 3 heteroatoms. The second-order valence-corrected chi connectivity index (χ2v) is 2.37. The van der Waals surface area contributed by atoms with Gasteiger partial charge in [0, 0.05) is 0 Å². The van der Waals surface area contributed by atoms with Crippen LogP contribution in [-0.4, -0.2) is 7.85 Å². The maximum atomic E-state index is 5.35. The minimum Gasteiger partial charge on any atom is -0.269 e. The van der Waals surface area contributed by atoms with Crippen LogP contribution < -0.4 is 0 Å². The Morgan fingerprint density at radius 2 is 1.00 bits per heavy atom. The Bertz CT molecular complexity index is 25.2. The first-order valence-electron chi connectivity index (χ1n) is 1.79. The van der Waals surface area contributed by atoms with Gasteiger partial charge in [-0.2, -0.15) is 0 Å². The van der Waals surface area contributed by atoms with E-state index >= 15 is 0 Å². The highest BCUT2D eigenvalue weighted by molar-refractivity contribution is 6.14. The standard InChI is InChI=1S/C4H9B.2FH/c1-4(2,3)5;;/h1-3H3;2*1H. The molecule has 0 nitrogen and oxygen atoms in total. The summed E-state index contributed by atoms with van der Waals surface area (Å²) in [6.07, 6.45) is 0. The van der Waals surface area contributed by atoms with Gasteiger partial charge in [-0.1, -0.05) is 26.1 Å². The summed E-state index contributed by atoms with van der Waals surface area (Å²) in [6, 6.07) is 0. The molecule has 0 heterocycles. The summed E-state index contributed by atoms with van der Waals surface area (Å²) in [6.45, 7) is 5.90. The molecule has 0 rings (SSSR count). The third-order valence-electron chi connectivity index (χ3n) is 0. The largest absolute Gasteiger partial charge is 0.269 e. The predicted octanol–water partition coefficient (Wildman–Crippen LogP) is 1.68. The third kappa shape index (κ3) is 16200. The summed E-state index contributed by atoms with van der Waals surface area (Å²) in [7, 11) is 5.35. The second-order valence-electron chi connectivity index (χ2n) is 2.37. The maximum Gasteiger partial charge on any atom is 0.0735 e. The Morgan fingerprint density at radius 3 is 1.00 bits per heavy atom. The van der Waals surface area contributed by atoms with E-state index in [4.69, 9.17) is 7.85 Å². The fourth-order valence-corrected chi connectivity index (χ4v) is 0. The number of halogens is 2. The zero-order valence-corrected chi connectivity index (χ0v) is 4.89. The van der Waals surface area contributed by atoms with Gasteiger partial charge in [0.1, 0.15) is 0 Å². The Balaban J connectivity index is -0.0000000800. The van der Waals surface area contributed by atoms with E-state index < -0.39 is 0 Å². The average Bonchev–Trinajstić information content (AvgIpc) is 0.722. The first kappa shape index (κ1) is 15.8. The SMILES string of the molecule is F.F.[B]C(C)(C)C. The minimum absolute atomic E-state index is 0. The highest BCUT2D eigenvalue weighted by atomic mass is 19.0. The molecule has 0 atom stereocenters. The third-order valence-corrected chi connectivity index (χ3v) is 0. The molecule has 0 N–H and O–H groups in total. The fourth-order valence-electron chi connectivity index (χ4n) is 0. The molecule has 0 aromatic carbocycles. The summed E-state index contributed by atoms with van der Waals surface area (Å²) in [5, 5.41) is 0. The van der Waals surface area contributed by atoms with Crippen molar-refractivity contribution < 1.29 is 9.41 Å². The van der Waals surface area contributed by atoms with E-state index in [0.29, 0.717) is 0 Å². The Labute approximate surface area is 44.4 Å². The van der Waals surface area contributed by atoms with Gasteiger partial charge in [0.15, 0.2) is 0 Å². The van der Waals surface area contributed by atoms with Gasteiger partial charge in [-0.3, -0.25) is 9.41 Å². The first-order valence-corrected chi connectivity index (χ1v) is 1.79. The van der Waals surface area contributed by atoms with Gasteiger partial charge in [-0.05, 0) is 0 Å². The molecular weight excluding hydrogens is 96.9 g/mol. The Kier molecular flexibility index (Phi) is 9.23. The van der Waals surface area contributed by atoms with Crippen molar-refractivity contribution in [3.05, 3.63) is 0 Å². The minimum atomic E-state index is 0. The number of hydrogen-bond acceptors (Lipinski definition) is 0. The zero-order chi connectivity index (χ0) is 4.50. The lowest BCUT2D eigenvalue weighted by Crippen LogP contribution is -1.90. The lowest BCUT2D eigenvalue weighted by atomic mass is 9.75. The molecular formula is C4H11BF2. The molecule has 0 aromatic rings. The monoisotopic (exact) mass is 108 g/mol. The molecule has 0 fully saturated rings. The van der Waals surface area contributed by atoms with Crippen molar-refractivity contribution in [3.8, 4) is 0 Å². The van der Waals surface area contributed by atoms with E-state index in [9.17, 15) is 0 Å². The van der Waals surface area contributed by atoms with Crippen LogP contribution in [0.3, 0.4) is 0 Å². The molecule has 0 aliphatic rings. The van der Waals surface area contributed by atoms with E-state index in [1.807, 2.05) is 20.8 Å². The molecule has 2 radical (unpaired) electrons.